The van der Waals surface area contributed by atoms with E-state index in [1.807, 2.05) is 37.4 Å². The summed E-state index contributed by atoms with van der Waals surface area (Å²) in [5.41, 5.74) is 0. The molecule has 1 aromatic heterocycles. The van der Waals surface area contributed by atoms with Gasteiger partial charge in [-0.25, -0.2) is 10.6 Å². The zero-order chi connectivity index (χ0) is 12.1. The second-order valence-corrected chi connectivity index (χ2v) is 4.78. The second kappa shape index (κ2) is 5.67. The van der Waals surface area contributed by atoms with Crippen LogP contribution in [0.1, 0.15) is 18.7 Å². The Hall–Kier alpha value is -1.33. The van der Waals surface area contributed by atoms with Crippen molar-refractivity contribution in [2.24, 2.45) is 11.8 Å². The van der Waals surface area contributed by atoms with Crippen LogP contribution in [0.2, 0.25) is 0 Å². The van der Waals surface area contributed by atoms with Gasteiger partial charge in [0, 0.05) is 11.1 Å². The lowest BCUT2D eigenvalue weighted by Gasteiger charge is -2.25. The fraction of sp³-hybridized carbons (Fsp3) is 0.364. The maximum absolute atomic E-state index is 11.0. The van der Waals surface area contributed by atoms with Crippen molar-refractivity contribution >= 4 is 23.4 Å². The molecule has 0 aliphatic heterocycles. The van der Waals surface area contributed by atoms with Gasteiger partial charge >= 0.3 is 5.97 Å². The average molecular weight is 240 g/mol. The molecule has 88 valence electrons. The van der Waals surface area contributed by atoms with Crippen LogP contribution in [0.4, 0.5) is 0 Å². The summed E-state index contributed by atoms with van der Waals surface area (Å²) in [6.07, 6.45) is 3.41. The van der Waals surface area contributed by atoms with Gasteiger partial charge in [-0.1, -0.05) is 19.9 Å². The largest absolute Gasteiger partial charge is 0.480 e. The van der Waals surface area contributed by atoms with Crippen LogP contribution in [-0.4, -0.2) is 22.1 Å². The summed E-state index contributed by atoms with van der Waals surface area (Å²) < 4.78 is 0. The summed E-state index contributed by atoms with van der Waals surface area (Å²) in [6.45, 7) is 3.66. The lowest BCUT2D eigenvalue weighted by molar-refractivity contribution is -0.143. The topological polar surface area (TPSA) is 66.6 Å². The van der Waals surface area contributed by atoms with Gasteiger partial charge in [0.05, 0.1) is 0 Å². The van der Waals surface area contributed by atoms with Gasteiger partial charge in [-0.15, -0.1) is 11.3 Å². The molecule has 0 amide bonds. The van der Waals surface area contributed by atoms with Crippen molar-refractivity contribution in [3.8, 4) is 0 Å². The molecule has 3 N–H and O–H groups in total. The highest BCUT2D eigenvalue weighted by molar-refractivity contribution is 7.10. The number of hydrogen-bond donors (Lipinski definition) is 2. The molecule has 1 atom stereocenters. The maximum atomic E-state index is 11.0. The Labute approximate surface area is 99.0 Å². The summed E-state index contributed by atoms with van der Waals surface area (Å²) in [4.78, 5) is 12.0. The quantitative estimate of drug-likeness (QED) is 0.610. The van der Waals surface area contributed by atoms with Crippen molar-refractivity contribution in [3.05, 3.63) is 28.6 Å². The van der Waals surface area contributed by atoms with Crippen LogP contribution in [0.25, 0.3) is 6.08 Å². The van der Waals surface area contributed by atoms with Crippen LogP contribution in [0.5, 0.6) is 0 Å². The Balaban J connectivity index is 2.69. The van der Waals surface area contributed by atoms with E-state index in [2.05, 4.69) is 0 Å². The third-order valence-corrected chi connectivity index (χ3v) is 3.00. The Bertz CT molecular complexity index is 360. The van der Waals surface area contributed by atoms with E-state index in [9.17, 15) is 4.79 Å². The van der Waals surface area contributed by atoms with Crippen molar-refractivity contribution < 1.29 is 9.90 Å². The normalized spacial score (nSPS) is 13.2. The minimum Gasteiger partial charge on any atom is -0.480 e. The molecule has 0 bridgehead atoms. The van der Waals surface area contributed by atoms with E-state index in [0.717, 1.165) is 4.88 Å². The van der Waals surface area contributed by atoms with Gasteiger partial charge in [0.2, 0.25) is 0 Å². The third-order valence-electron chi connectivity index (χ3n) is 2.16. The van der Waals surface area contributed by atoms with Gasteiger partial charge in [-0.05, 0) is 23.4 Å². The van der Waals surface area contributed by atoms with E-state index in [4.69, 9.17) is 10.9 Å². The van der Waals surface area contributed by atoms with Gasteiger partial charge in [-0.2, -0.15) is 0 Å². The zero-order valence-corrected chi connectivity index (χ0v) is 10.1. The van der Waals surface area contributed by atoms with Crippen LogP contribution in [0, 0.1) is 5.92 Å². The number of carbonyl (C=O) groups is 1. The number of carboxylic acid groups (broad SMARTS) is 1. The van der Waals surface area contributed by atoms with Gasteiger partial charge in [0.1, 0.15) is 6.04 Å². The van der Waals surface area contributed by atoms with Gasteiger partial charge in [0.15, 0.2) is 0 Å². The molecule has 16 heavy (non-hydrogen) atoms. The second-order valence-electron chi connectivity index (χ2n) is 3.81. The van der Waals surface area contributed by atoms with Crippen LogP contribution >= 0.6 is 11.3 Å². The minimum absolute atomic E-state index is 0.0458. The first-order valence-corrected chi connectivity index (χ1v) is 5.88. The molecular weight excluding hydrogens is 224 g/mol. The fourth-order valence-electron chi connectivity index (χ4n) is 1.40. The van der Waals surface area contributed by atoms with Crippen molar-refractivity contribution in [1.29, 1.82) is 0 Å². The van der Waals surface area contributed by atoms with E-state index in [-0.39, 0.29) is 5.92 Å². The number of rotatable bonds is 5. The Morgan fingerprint density at radius 2 is 2.31 bits per heavy atom. The fourth-order valence-corrected chi connectivity index (χ4v) is 2.01. The molecule has 1 rings (SSSR count). The summed E-state index contributed by atoms with van der Waals surface area (Å²) in [5, 5.41) is 12.2. The summed E-state index contributed by atoms with van der Waals surface area (Å²) >= 11 is 1.58. The molecular formula is C11H16N2O2S. The molecule has 1 aromatic rings. The molecule has 1 heterocycles. The Kier molecular flexibility index (Phi) is 4.52. The highest BCUT2D eigenvalue weighted by atomic mass is 32.1. The van der Waals surface area contributed by atoms with Gasteiger partial charge < -0.3 is 10.1 Å². The van der Waals surface area contributed by atoms with Crippen LogP contribution < -0.4 is 5.84 Å². The van der Waals surface area contributed by atoms with Crippen molar-refractivity contribution in [1.82, 2.24) is 5.01 Å². The predicted molar refractivity (Wildman–Crippen MR) is 65.6 cm³/mol. The average Bonchev–Trinajstić information content (AvgIpc) is 2.65. The minimum atomic E-state index is -0.909. The number of aliphatic carboxylic acids is 1. The number of thiophene rings is 1. The molecule has 0 aliphatic rings. The maximum Gasteiger partial charge on any atom is 0.328 e. The number of nitrogens with zero attached hydrogens (tertiary/aromatic N) is 1. The van der Waals surface area contributed by atoms with Crippen LogP contribution in [0.3, 0.4) is 0 Å². The van der Waals surface area contributed by atoms with E-state index in [0.29, 0.717) is 0 Å². The summed E-state index contributed by atoms with van der Waals surface area (Å²) in [6, 6.07) is 3.18. The van der Waals surface area contributed by atoms with Crippen molar-refractivity contribution in [2.45, 2.75) is 19.9 Å². The van der Waals surface area contributed by atoms with Crippen LogP contribution in [0.15, 0.2) is 23.7 Å². The highest BCUT2D eigenvalue weighted by Crippen LogP contribution is 2.13. The van der Waals surface area contributed by atoms with Crippen LogP contribution in [-0.2, 0) is 4.79 Å². The number of hydrazine groups is 1. The standard InChI is InChI=1S/C11H16N2O2S/c1-8(2)10(11(14)15)13(12)6-5-9-4-3-7-16-9/h3-8,10H,12H2,1-2H3,(H,14,15). The first-order chi connectivity index (χ1) is 7.52. The number of carboxylic acids is 1. The molecule has 0 spiro atoms. The highest BCUT2D eigenvalue weighted by Gasteiger charge is 2.24. The van der Waals surface area contributed by atoms with E-state index in [1.54, 1.807) is 17.5 Å². The van der Waals surface area contributed by atoms with Gasteiger partial charge in [-0.3, -0.25) is 0 Å². The van der Waals surface area contributed by atoms with Crippen molar-refractivity contribution in [2.75, 3.05) is 0 Å². The van der Waals surface area contributed by atoms with Crippen molar-refractivity contribution in [3.63, 3.8) is 0 Å². The van der Waals surface area contributed by atoms with E-state index in [1.165, 1.54) is 5.01 Å². The SMILES string of the molecule is CC(C)C(C(=O)O)N(N)C=Cc1cccs1. The number of hydrogen-bond acceptors (Lipinski definition) is 4. The lowest BCUT2D eigenvalue weighted by atomic mass is 10.0. The van der Waals surface area contributed by atoms with E-state index >= 15 is 0 Å². The smallest absolute Gasteiger partial charge is 0.328 e. The molecule has 5 heteroatoms. The number of nitrogens with two attached hydrogens (primary N) is 1. The lowest BCUT2D eigenvalue weighted by Crippen LogP contribution is -2.45. The molecule has 0 saturated carbocycles. The first-order valence-electron chi connectivity index (χ1n) is 5.00. The summed E-state index contributed by atoms with van der Waals surface area (Å²) in [7, 11) is 0. The molecule has 1 unspecified atom stereocenters. The first kappa shape index (κ1) is 12.7. The molecule has 0 radical (unpaired) electrons. The molecule has 0 aliphatic carbocycles. The van der Waals surface area contributed by atoms with E-state index < -0.39 is 12.0 Å². The molecule has 0 fully saturated rings. The van der Waals surface area contributed by atoms with Gasteiger partial charge in [0.25, 0.3) is 0 Å². The molecule has 0 saturated heterocycles. The molecule has 4 nitrogen and oxygen atoms in total. The third kappa shape index (κ3) is 3.36. The summed E-state index contributed by atoms with van der Waals surface area (Å²) in [5.74, 6) is 4.75. The Morgan fingerprint density at radius 3 is 2.75 bits per heavy atom. The monoisotopic (exact) mass is 240 g/mol. The zero-order valence-electron chi connectivity index (χ0n) is 9.33. The molecule has 0 aromatic carbocycles. The predicted octanol–water partition coefficient (Wildman–Crippen LogP) is 2.00. The Morgan fingerprint density at radius 1 is 1.62 bits per heavy atom.